The minimum Gasteiger partial charge on any atom is -0.496 e. The Morgan fingerprint density at radius 2 is 1.97 bits per heavy atom. The lowest BCUT2D eigenvalue weighted by Crippen LogP contribution is -2.52. The number of aliphatic hydroxyl groups excluding tert-OH is 1. The van der Waals surface area contributed by atoms with Crippen molar-refractivity contribution in [3.63, 3.8) is 0 Å². The maximum absolute atomic E-state index is 14.4. The van der Waals surface area contributed by atoms with Crippen LogP contribution >= 0.6 is 11.6 Å². The van der Waals surface area contributed by atoms with Gasteiger partial charge in [0.1, 0.15) is 23.4 Å². The molecular weight excluding hydrogens is 505 g/mol. The van der Waals surface area contributed by atoms with E-state index in [1.807, 2.05) is 6.92 Å². The van der Waals surface area contributed by atoms with Crippen molar-refractivity contribution in [1.82, 2.24) is 0 Å². The zero-order valence-electron chi connectivity index (χ0n) is 20.3. The molecule has 0 aliphatic carbocycles. The Labute approximate surface area is 215 Å². The zero-order chi connectivity index (χ0) is 26.2. The second kappa shape index (κ2) is 10.1. The van der Waals surface area contributed by atoms with Gasteiger partial charge in [0.25, 0.3) is 10.0 Å². The molecule has 0 fully saturated rings. The van der Waals surface area contributed by atoms with Crippen LogP contribution in [0.4, 0.5) is 10.1 Å². The Bertz CT molecular complexity index is 1420. The minimum absolute atomic E-state index is 0.0524. The van der Waals surface area contributed by atoms with E-state index >= 15 is 0 Å². The molecule has 1 aliphatic rings. The largest absolute Gasteiger partial charge is 0.496 e. The summed E-state index contributed by atoms with van der Waals surface area (Å²) in [6.07, 6.45) is 0.965. The molecule has 0 spiro atoms. The smallest absolute Gasteiger partial charge is 0.264 e. The van der Waals surface area contributed by atoms with Crippen LogP contribution in [0.25, 0.3) is 11.6 Å². The van der Waals surface area contributed by atoms with E-state index in [2.05, 4.69) is 0 Å². The molecule has 0 bridgehead atoms. The normalized spacial score (nSPS) is 18.0. The molecule has 4 rings (SSSR count). The lowest BCUT2D eigenvalue weighted by Gasteiger charge is -2.40. The third-order valence-electron chi connectivity index (χ3n) is 6.26. The Balaban J connectivity index is 1.85. The second-order valence-electron chi connectivity index (χ2n) is 8.66. The molecule has 0 amide bonds. The summed E-state index contributed by atoms with van der Waals surface area (Å²) in [5, 5.41) is 10.2. The first-order valence-electron chi connectivity index (χ1n) is 11.3. The van der Waals surface area contributed by atoms with Gasteiger partial charge in [0.2, 0.25) is 0 Å². The molecule has 9 heteroatoms. The number of rotatable bonds is 6. The number of aliphatic hydroxyl groups is 1. The summed E-state index contributed by atoms with van der Waals surface area (Å²) in [6.45, 7) is 4.88. The second-order valence-corrected chi connectivity index (χ2v) is 10.9. The highest BCUT2D eigenvalue weighted by molar-refractivity contribution is 7.92. The maximum Gasteiger partial charge on any atom is 0.264 e. The molecule has 0 aromatic heterocycles. The molecule has 0 saturated carbocycles. The highest BCUT2D eigenvalue weighted by atomic mass is 35.5. The van der Waals surface area contributed by atoms with E-state index in [9.17, 15) is 17.9 Å². The van der Waals surface area contributed by atoms with Crippen molar-refractivity contribution in [3.8, 4) is 11.5 Å². The lowest BCUT2D eigenvalue weighted by molar-refractivity contribution is 0.0925. The van der Waals surface area contributed by atoms with E-state index in [0.29, 0.717) is 28.3 Å². The summed E-state index contributed by atoms with van der Waals surface area (Å²) in [6, 6.07) is 13.5. The van der Waals surface area contributed by atoms with Gasteiger partial charge >= 0.3 is 0 Å². The number of allylic oxidation sites excluding steroid dienone is 1. The molecule has 2 unspecified atom stereocenters. The standard InChI is InChI=1S/C27H27ClFNO5S/c1-16-8-10-20(14-25(16)34-4)36(32,33)30-18(3)26(15-31)35-24-11-9-19(13-23(24)30)12-17(2)27-21(28)6-5-7-22(27)29/h5-14,18,26,31H,15H2,1-4H3. The van der Waals surface area contributed by atoms with Gasteiger partial charge in [-0.05, 0) is 67.8 Å². The van der Waals surface area contributed by atoms with Crippen molar-refractivity contribution in [2.75, 3.05) is 18.0 Å². The average Bonchev–Trinajstić information content (AvgIpc) is 2.83. The monoisotopic (exact) mass is 531 g/mol. The van der Waals surface area contributed by atoms with Gasteiger partial charge in [-0.2, -0.15) is 0 Å². The topological polar surface area (TPSA) is 76.1 Å². The summed E-state index contributed by atoms with van der Waals surface area (Å²) < 4.78 is 54.7. The van der Waals surface area contributed by atoms with E-state index in [-0.39, 0.29) is 22.1 Å². The minimum atomic E-state index is -4.07. The van der Waals surface area contributed by atoms with Gasteiger partial charge in [0.15, 0.2) is 0 Å². The number of methoxy groups -OCH3 is 1. The number of benzene rings is 3. The summed E-state index contributed by atoms with van der Waals surface area (Å²) in [7, 11) is -2.59. The Kier molecular flexibility index (Phi) is 7.31. The van der Waals surface area contributed by atoms with Crippen LogP contribution in [0.15, 0.2) is 59.5 Å². The first-order valence-corrected chi connectivity index (χ1v) is 13.1. The first kappa shape index (κ1) is 26.0. The van der Waals surface area contributed by atoms with Gasteiger partial charge in [0, 0.05) is 11.6 Å². The van der Waals surface area contributed by atoms with Gasteiger partial charge in [-0.15, -0.1) is 0 Å². The van der Waals surface area contributed by atoms with E-state index in [1.54, 1.807) is 50.3 Å². The lowest BCUT2D eigenvalue weighted by atomic mass is 10.0. The number of nitrogens with zero attached hydrogens (tertiary/aromatic N) is 1. The molecule has 1 aliphatic heterocycles. The molecule has 0 saturated heterocycles. The number of fused-ring (bicyclic) bond motifs is 1. The third-order valence-corrected chi connectivity index (χ3v) is 8.48. The molecule has 2 atom stereocenters. The van der Waals surface area contributed by atoms with Crippen molar-refractivity contribution in [2.24, 2.45) is 0 Å². The van der Waals surface area contributed by atoms with E-state index in [0.717, 1.165) is 5.56 Å². The summed E-state index contributed by atoms with van der Waals surface area (Å²) in [5.74, 6) is 0.313. The molecule has 3 aromatic rings. The number of hydrogen-bond acceptors (Lipinski definition) is 5. The molecule has 1 heterocycles. The summed E-state index contributed by atoms with van der Waals surface area (Å²) >= 11 is 6.22. The molecule has 3 aromatic carbocycles. The maximum atomic E-state index is 14.4. The molecule has 0 radical (unpaired) electrons. The van der Waals surface area contributed by atoms with Crippen LogP contribution < -0.4 is 13.8 Å². The predicted octanol–water partition coefficient (Wildman–Crippen LogP) is 5.69. The van der Waals surface area contributed by atoms with Crippen LogP contribution in [-0.4, -0.2) is 39.4 Å². The fraction of sp³-hybridized carbons (Fsp3) is 0.259. The van der Waals surface area contributed by atoms with Crippen LogP contribution in [0, 0.1) is 12.7 Å². The summed E-state index contributed by atoms with van der Waals surface area (Å²) in [4.78, 5) is 0.0524. The van der Waals surface area contributed by atoms with Crippen molar-refractivity contribution < 1.29 is 27.4 Å². The van der Waals surface area contributed by atoms with Crippen molar-refractivity contribution >= 4 is 39.0 Å². The van der Waals surface area contributed by atoms with Gasteiger partial charge in [0.05, 0.1) is 35.4 Å². The van der Waals surface area contributed by atoms with Crippen molar-refractivity contribution in [3.05, 3.63) is 82.1 Å². The molecule has 6 nitrogen and oxygen atoms in total. The van der Waals surface area contributed by atoms with Crippen LogP contribution in [-0.2, 0) is 10.0 Å². The number of halogens is 2. The van der Waals surface area contributed by atoms with Gasteiger partial charge in [-0.25, -0.2) is 12.8 Å². The Morgan fingerprint density at radius 3 is 2.64 bits per heavy atom. The van der Waals surface area contributed by atoms with E-state index in [4.69, 9.17) is 21.1 Å². The van der Waals surface area contributed by atoms with E-state index in [1.165, 1.54) is 35.7 Å². The van der Waals surface area contributed by atoms with Crippen LogP contribution in [0.3, 0.4) is 0 Å². The van der Waals surface area contributed by atoms with Crippen molar-refractivity contribution in [1.29, 1.82) is 0 Å². The van der Waals surface area contributed by atoms with Crippen LogP contribution in [0.5, 0.6) is 11.5 Å². The number of ether oxygens (including phenoxy) is 2. The van der Waals surface area contributed by atoms with Gasteiger partial charge < -0.3 is 14.6 Å². The van der Waals surface area contributed by atoms with E-state index < -0.39 is 28.0 Å². The number of hydrogen-bond donors (Lipinski definition) is 1. The van der Waals surface area contributed by atoms with Crippen LogP contribution in [0.2, 0.25) is 5.02 Å². The molecule has 36 heavy (non-hydrogen) atoms. The quantitative estimate of drug-likeness (QED) is 0.413. The fourth-order valence-electron chi connectivity index (χ4n) is 4.34. The average molecular weight is 532 g/mol. The SMILES string of the molecule is COc1cc(S(=O)(=O)N2c3cc(C=C(C)c4c(F)cccc4Cl)ccc3OC(CO)C2C)ccc1C. The number of sulfonamides is 1. The Morgan fingerprint density at radius 1 is 1.22 bits per heavy atom. The number of anilines is 1. The molecule has 190 valence electrons. The van der Waals surface area contributed by atoms with Crippen LogP contribution in [0.1, 0.15) is 30.5 Å². The zero-order valence-corrected chi connectivity index (χ0v) is 21.9. The third kappa shape index (κ3) is 4.68. The number of aryl methyl sites for hydroxylation is 1. The first-order chi connectivity index (χ1) is 17.1. The summed E-state index contributed by atoms with van der Waals surface area (Å²) in [5.41, 5.74) is 2.60. The molecule has 1 N–H and O–H groups in total. The van der Waals surface area contributed by atoms with Gasteiger partial charge in [-0.1, -0.05) is 35.9 Å². The molecular formula is C27H27ClFNO5S. The fourth-order valence-corrected chi connectivity index (χ4v) is 6.35. The van der Waals surface area contributed by atoms with Crippen molar-refractivity contribution in [2.45, 2.75) is 37.8 Å². The highest BCUT2D eigenvalue weighted by Crippen LogP contribution is 2.41. The predicted molar refractivity (Wildman–Crippen MR) is 140 cm³/mol. The van der Waals surface area contributed by atoms with Gasteiger partial charge in [-0.3, -0.25) is 4.31 Å². The highest BCUT2D eigenvalue weighted by Gasteiger charge is 2.40. The Hall–Kier alpha value is -3.07.